The number of carbonyl (C=O) groups excluding carboxylic acids is 1. The fourth-order valence-corrected chi connectivity index (χ4v) is 3.23. The third-order valence-electron chi connectivity index (χ3n) is 4.75. The Labute approximate surface area is 180 Å². The highest BCUT2D eigenvalue weighted by atomic mass is 19.1. The molecule has 0 fully saturated rings. The first-order valence-electron chi connectivity index (χ1n) is 9.59. The smallest absolute Gasteiger partial charge is 0.333 e. The molecular formula is C22H18FN5O4. The molecule has 0 aliphatic carbocycles. The number of methoxy groups -OCH3 is 1. The number of hydrogen-bond donors (Lipinski definition) is 1. The number of nitrogens with one attached hydrogen (secondary N) is 1. The topological polar surface area (TPSA) is 108 Å². The van der Waals surface area contributed by atoms with Crippen LogP contribution >= 0.6 is 0 Å². The molecule has 2 aromatic carbocycles. The predicted octanol–water partition coefficient (Wildman–Crippen LogP) is 1.79. The zero-order valence-corrected chi connectivity index (χ0v) is 17.0. The lowest BCUT2D eigenvalue weighted by Gasteiger charge is -2.13. The molecule has 10 heteroatoms. The van der Waals surface area contributed by atoms with E-state index in [0.717, 1.165) is 9.13 Å². The number of aromatic nitrogens is 4. The summed E-state index contributed by atoms with van der Waals surface area (Å²) in [5.74, 6) is -0.375. The fourth-order valence-electron chi connectivity index (χ4n) is 3.23. The van der Waals surface area contributed by atoms with E-state index >= 15 is 0 Å². The number of hydrogen-bond acceptors (Lipinski definition) is 6. The molecule has 0 bridgehead atoms. The second-order valence-corrected chi connectivity index (χ2v) is 6.90. The molecule has 4 rings (SSSR count). The molecule has 0 spiro atoms. The van der Waals surface area contributed by atoms with E-state index in [0.29, 0.717) is 17.0 Å². The lowest BCUT2D eigenvalue weighted by atomic mass is 10.2. The molecule has 0 radical (unpaired) electrons. The van der Waals surface area contributed by atoms with Crippen LogP contribution < -0.4 is 21.3 Å². The van der Waals surface area contributed by atoms with E-state index < -0.39 is 29.5 Å². The van der Waals surface area contributed by atoms with E-state index in [1.54, 1.807) is 24.3 Å². The summed E-state index contributed by atoms with van der Waals surface area (Å²) in [6.45, 7) is -0.503. The van der Waals surface area contributed by atoms with Gasteiger partial charge in [-0.25, -0.2) is 19.2 Å². The SMILES string of the molecule is COc1cccc(NC(=O)Cn2c(=O)n(Cc3ccc(F)cc3)c(=O)c3nccnc32)c1. The van der Waals surface area contributed by atoms with Gasteiger partial charge in [-0.2, -0.15) is 0 Å². The highest BCUT2D eigenvalue weighted by molar-refractivity contribution is 5.91. The summed E-state index contributed by atoms with van der Waals surface area (Å²) >= 11 is 0. The van der Waals surface area contributed by atoms with Gasteiger partial charge in [0.1, 0.15) is 18.1 Å². The molecule has 4 aromatic rings. The molecule has 1 N–H and O–H groups in total. The summed E-state index contributed by atoms with van der Waals surface area (Å²) in [7, 11) is 1.51. The first-order chi connectivity index (χ1) is 15.5. The maximum atomic E-state index is 13.2. The fraction of sp³-hybridized carbons (Fsp3) is 0.136. The van der Waals surface area contributed by atoms with Crippen LogP contribution in [0.15, 0.2) is 70.5 Å². The van der Waals surface area contributed by atoms with Crippen LogP contribution in [0, 0.1) is 5.82 Å². The van der Waals surface area contributed by atoms with Gasteiger partial charge >= 0.3 is 5.69 Å². The molecule has 0 saturated carbocycles. The highest BCUT2D eigenvalue weighted by Gasteiger charge is 2.17. The van der Waals surface area contributed by atoms with Crippen LogP contribution in [0.2, 0.25) is 0 Å². The Morgan fingerprint density at radius 3 is 2.56 bits per heavy atom. The number of benzene rings is 2. The first kappa shape index (κ1) is 20.9. The normalized spacial score (nSPS) is 10.8. The van der Waals surface area contributed by atoms with Crippen molar-refractivity contribution in [3.05, 3.63) is 93.1 Å². The molecule has 9 nitrogen and oxygen atoms in total. The van der Waals surface area contributed by atoms with Gasteiger partial charge in [0.2, 0.25) is 5.91 Å². The van der Waals surface area contributed by atoms with Gasteiger partial charge in [-0.3, -0.25) is 18.7 Å². The van der Waals surface area contributed by atoms with Crippen LogP contribution in [0.25, 0.3) is 11.2 Å². The molecule has 1 amide bonds. The second-order valence-electron chi connectivity index (χ2n) is 6.90. The van der Waals surface area contributed by atoms with Gasteiger partial charge in [0.25, 0.3) is 5.56 Å². The molecule has 0 unspecified atom stereocenters. The van der Waals surface area contributed by atoms with Crippen molar-refractivity contribution >= 4 is 22.8 Å². The Hall–Kier alpha value is -4.34. The van der Waals surface area contributed by atoms with E-state index in [2.05, 4.69) is 15.3 Å². The van der Waals surface area contributed by atoms with Gasteiger partial charge in [0.15, 0.2) is 11.2 Å². The number of carbonyl (C=O) groups is 1. The van der Waals surface area contributed by atoms with Gasteiger partial charge in [-0.15, -0.1) is 0 Å². The highest BCUT2D eigenvalue weighted by Crippen LogP contribution is 2.16. The summed E-state index contributed by atoms with van der Waals surface area (Å²) in [5, 5.41) is 2.69. The minimum absolute atomic E-state index is 0.00125. The number of ether oxygens (including phenoxy) is 1. The molecule has 0 atom stereocenters. The van der Waals surface area contributed by atoms with Crippen molar-refractivity contribution in [2.75, 3.05) is 12.4 Å². The summed E-state index contributed by atoms with van der Waals surface area (Å²) in [4.78, 5) is 46.8. The minimum Gasteiger partial charge on any atom is -0.497 e. The third kappa shape index (κ3) is 4.24. The minimum atomic E-state index is -0.729. The van der Waals surface area contributed by atoms with Gasteiger partial charge in [0.05, 0.1) is 13.7 Å². The number of fused-ring (bicyclic) bond motifs is 1. The van der Waals surface area contributed by atoms with Crippen molar-refractivity contribution in [3.8, 4) is 5.75 Å². The molecular weight excluding hydrogens is 417 g/mol. The van der Waals surface area contributed by atoms with Crippen molar-refractivity contribution < 1.29 is 13.9 Å². The maximum absolute atomic E-state index is 13.2. The van der Waals surface area contributed by atoms with E-state index in [1.807, 2.05) is 0 Å². The molecule has 2 heterocycles. The Bertz CT molecular complexity index is 1410. The first-order valence-corrected chi connectivity index (χ1v) is 9.59. The van der Waals surface area contributed by atoms with Crippen molar-refractivity contribution in [1.82, 2.24) is 19.1 Å². The van der Waals surface area contributed by atoms with Gasteiger partial charge in [-0.1, -0.05) is 18.2 Å². The van der Waals surface area contributed by atoms with Crippen molar-refractivity contribution in [2.45, 2.75) is 13.1 Å². The standard InChI is InChI=1S/C22H18FN5O4/c1-32-17-4-2-3-16(11-17)26-18(29)13-27-20-19(24-9-10-25-20)21(30)28(22(27)31)12-14-5-7-15(23)8-6-14/h2-11H,12-13H2,1H3,(H,26,29). The van der Waals surface area contributed by atoms with E-state index in [9.17, 15) is 18.8 Å². The summed E-state index contributed by atoms with van der Waals surface area (Å²) in [6.07, 6.45) is 2.67. The van der Waals surface area contributed by atoms with Gasteiger partial charge < -0.3 is 10.1 Å². The quantitative estimate of drug-likeness (QED) is 0.495. The molecule has 0 saturated heterocycles. The van der Waals surface area contributed by atoms with Crippen molar-refractivity contribution in [1.29, 1.82) is 0 Å². The van der Waals surface area contributed by atoms with Gasteiger partial charge in [0, 0.05) is 24.1 Å². The maximum Gasteiger partial charge on any atom is 0.333 e. The van der Waals surface area contributed by atoms with Crippen LogP contribution in [-0.4, -0.2) is 32.1 Å². The van der Waals surface area contributed by atoms with Crippen LogP contribution in [0.5, 0.6) is 5.75 Å². The number of amides is 1. The number of anilines is 1. The summed E-state index contributed by atoms with van der Waals surface area (Å²) in [5.41, 5.74) is -0.402. The van der Waals surface area contributed by atoms with E-state index in [4.69, 9.17) is 4.74 Å². The zero-order chi connectivity index (χ0) is 22.7. The van der Waals surface area contributed by atoms with Gasteiger partial charge in [-0.05, 0) is 29.8 Å². The summed E-state index contributed by atoms with van der Waals surface area (Å²) in [6, 6.07) is 12.2. The predicted molar refractivity (Wildman–Crippen MR) is 115 cm³/mol. The van der Waals surface area contributed by atoms with Crippen molar-refractivity contribution in [2.24, 2.45) is 0 Å². The van der Waals surface area contributed by atoms with Crippen LogP contribution in [0.3, 0.4) is 0 Å². The largest absolute Gasteiger partial charge is 0.497 e. The molecule has 2 aromatic heterocycles. The average Bonchev–Trinajstić information content (AvgIpc) is 2.81. The third-order valence-corrected chi connectivity index (χ3v) is 4.75. The van der Waals surface area contributed by atoms with Crippen LogP contribution in [0.4, 0.5) is 10.1 Å². The van der Waals surface area contributed by atoms with E-state index in [-0.39, 0.29) is 17.7 Å². The lowest BCUT2D eigenvalue weighted by molar-refractivity contribution is -0.116. The Morgan fingerprint density at radius 2 is 1.81 bits per heavy atom. The zero-order valence-electron chi connectivity index (χ0n) is 17.0. The van der Waals surface area contributed by atoms with E-state index in [1.165, 1.54) is 43.8 Å². The number of nitrogens with zero attached hydrogens (tertiary/aromatic N) is 4. The monoisotopic (exact) mass is 435 g/mol. The Kier molecular flexibility index (Phi) is 5.75. The molecule has 0 aliphatic heterocycles. The van der Waals surface area contributed by atoms with Crippen molar-refractivity contribution in [3.63, 3.8) is 0 Å². The second kappa shape index (κ2) is 8.80. The molecule has 32 heavy (non-hydrogen) atoms. The molecule has 162 valence electrons. The number of rotatable bonds is 6. The number of halogens is 1. The average molecular weight is 435 g/mol. The van der Waals surface area contributed by atoms with Crippen LogP contribution in [0.1, 0.15) is 5.56 Å². The Morgan fingerprint density at radius 1 is 1.06 bits per heavy atom. The van der Waals surface area contributed by atoms with Crippen LogP contribution in [-0.2, 0) is 17.9 Å². The Balaban J connectivity index is 1.73. The lowest BCUT2D eigenvalue weighted by Crippen LogP contribution is -2.42. The molecule has 0 aliphatic rings. The summed E-state index contributed by atoms with van der Waals surface area (Å²) < 4.78 is 20.4.